The molecule has 0 aliphatic heterocycles. The maximum atomic E-state index is 12.3. The van der Waals surface area contributed by atoms with E-state index in [4.69, 9.17) is 10.8 Å². The van der Waals surface area contributed by atoms with Crippen LogP contribution in [0, 0.1) is 5.41 Å². The third-order valence-electron chi connectivity index (χ3n) is 3.00. The normalized spacial score (nSPS) is 13.1. The van der Waals surface area contributed by atoms with Crippen LogP contribution in [0.2, 0.25) is 0 Å². The second kappa shape index (κ2) is 6.41. The van der Waals surface area contributed by atoms with Gasteiger partial charge in [-0.25, -0.2) is 4.98 Å². The van der Waals surface area contributed by atoms with Crippen molar-refractivity contribution >= 4 is 28.2 Å². The zero-order valence-corrected chi connectivity index (χ0v) is 13.5. The van der Waals surface area contributed by atoms with Crippen molar-refractivity contribution in [2.75, 3.05) is 31.3 Å². The predicted molar refractivity (Wildman–Crippen MR) is 83.3 cm³/mol. The minimum atomic E-state index is -0.235. The molecule has 0 bridgehead atoms. The maximum absolute atomic E-state index is 12.3. The summed E-state index contributed by atoms with van der Waals surface area (Å²) < 4.78 is 0. The van der Waals surface area contributed by atoms with Gasteiger partial charge in [0.2, 0.25) is 0 Å². The van der Waals surface area contributed by atoms with Crippen molar-refractivity contribution < 1.29 is 9.90 Å². The number of anilines is 2. The van der Waals surface area contributed by atoms with Crippen molar-refractivity contribution in [2.24, 2.45) is 5.41 Å². The number of aromatic nitrogens is 1. The van der Waals surface area contributed by atoms with Crippen molar-refractivity contribution in [2.45, 2.75) is 33.2 Å². The van der Waals surface area contributed by atoms with Crippen LogP contribution in [0.25, 0.3) is 0 Å². The number of carbonyl (C=O) groups excluding carboxylic acids is 1. The van der Waals surface area contributed by atoms with Gasteiger partial charge in [-0.05, 0) is 11.8 Å². The van der Waals surface area contributed by atoms with Gasteiger partial charge in [0.05, 0.1) is 0 Å². The Kier molecular flexibility index (Phi) is 5.35. The molecule has 114 valence electrons. The lowest BCUT2D eigenvalue weighted by atomic mass is 9.85. The fourth-order valence-corrected chi connectivity index (χ4v) is 2.56. The number of rotatable bonds is 5. The van der Waals surface area contributed by atoms with Gasteiger partial charge in [-0.1, -0.05) is 32.1 Å². The molecule has 7 heteroatoms. The molecule has 1 aromatic heterocycles. The summed E-state index contributed by atoms with van der Waals surface area (Å²) in [6.45, 7) is 6.10. The molecule has 0 saturated heterocycles. The number of thiazole rings is 1. The number of amides is 1. The zero-order valence-electron chi connectivity index (χ0n) is 12.7. The van der Waals surface area contributed by atoms with Crippen LogP contribution in [-0.2, 0) is 0 Å². The number of nitrogens with one attached hydrogen (secondary N) is 1. The van der Waals surface area contributed by atoms with E-state index in [0.29, 0.717) is 16.4 Å². The smallest absolute Gasteiger partial charge is 0.265 e. The van der Waals surface area contributed by atoms with E-state index in [0.717, 1.165) is 0 Å². The van der Waals surface area contributed by atoms with Gasteiger partial charge >= 0.3 is 0 Å². The van der Waals surface area contributed by atoms with Crippen LogP contribution < -0.4 is 16.0 Å². The Morgan fingerprint density at radius 3 is 2.50 bits per heavy atom. The lowest BCUT2D eigenvalue weighted by molar-refractivity contribution is 0.0890. The molecule has 20 heavy (non-hydrogen) atoms. The molecule has 0 fully saturated rings. The molecule has 1 aromatic rings. The van der Waals surface area contributed by atoms with E-state index >= 15 is 0 Å². The number of nitrogens with two attached hydrogens (primary N) is 1. The largest absolute Gasteiger partial charge is 0.396 e. The highest BCUT2D eigenvalue weighted by molar-refractivity contribution is 7.18. The van der Waals surface area contributed by atoms with E-state index in [1.54, 1.807) is 0 Å². The van der Waals surface area contributed by atoms with E-state index in [1.807, 2.05) is 39.8 Å². The molecule has 0 aliphatic carbocycles. The predicted octanol–water partition coefficient (Wildman–Crippen LogP) is 1.32. The highest BCUT2D eigenvalue weighted by Gasteiger charge is 2.27. The first-order valence-corrected chi connectivity index (χ1v) is 7.33. The number of aliphatic hydroxyl groups excluding tert-OH is 1. The Balaban J connectivity index is 2.89. The average molecular weight is 300 g/mol. The van der Waals surface area contributed by atoms with Gasteiger partial charge in [0.25, 0.3) is 5.91 Å². The van der Waals surface area contributed by atoms with Crippen LogP contribution in [0.15, 0.2) is 0 Å². The first-order valence-electron chi connectivity index (χ1n) is 6.52. The van der Waals surface area contributed by atoms with Crippen molar-refractivity contribution in [3.05, 3.63) is 4.88 Å². The summed E-state index contributed by atoms with van der Waals surface area (Å²) in [5, 5.41) is 12.8. The van der Waals surface area contributed by atoms with Gasteiger partial charge in [0, 0.05) is 26.7 Å². The number of aliphatic hydroxyl groups is 1. The molecule has 0 aromatic carbocycles. The number of carbonyl (C=O) groups is 1. The molecule has 0 spiro atoms. The summed E-state index contributed by atoms with van der Waals surface area (Å²) in [5.74, 6) is 0.00864. The lowest BCUT2D eigenvalue weighted by Crippen LogP contribution is -2.44. The standard InChI is InChI=1S/C13H24N4O2S/c1-13(2,3)8(6-7-18)15-11(19)9-10(14)16-12(20-9)17(4)5/h8,18H,6-7,14H2,1-5H3,(H,15,19). The minimum absolute atomic E-state index is 0.0311. The summed E-state index contributed by atoms with van der Waals surface area (Å²) in [4.78, 5) is 18.7. The molecule has 0 saturated carbocycles. The highest BCUT2D eigenvalue weighted by Crippen LogP contribution is 2.28. The number of hydrogen-bond donors (Lipinski definition) is 3. The van der Waals surface area contributed by atoms with Gasteiger partial charge in [0.1, 0.15) is 10.7 Å². The van der Waals surface area contributed by atoms with Gasteiger partial charge in [-0.3, -0.25) is 4.79 Å². The number of hydrogen-bond acceptors (Lipinski definition) is 6. The Bertz CT molecular complexity index is 465. The summed E-state index contributed by atoms with van der Waals surface area (Å²) >= 11 is 1.26. The quantitative estimate of drug-likeness (QED) is 0.763. The van der Waals surface area contributed by atoms with Crippen molar-refractivity contribution in [3.63, 3.8) is 0 Å². The van der Waals surface area contributed by atoms with Gasteiger partial charge in [-0.15, -0.1) is 0 Å². The van der Waals surface area contributed by atoms with Crippen molar-refractivity contribution in [1.82, 2.24) is 10.3 Å². The Hall–Kier alpha value is -1.34. The second-order valence-corrected chi connectivity index (χ2v) is 6.99. The summed E-state index contributed by atoms with van der Waals surface area (Å²) in [7, 11) is 3.70. The molecule has 4 N–H and O–H groups in total. The van der Waals surface area contributed by atoms with Crippen LogP contribution in [-0.4, -0.2) is 42.7 Å². The molecule has 0 aliphatic rings. The second-order valence-electron chi connectivity index (χ2n) is 6.01. The van der Waals surface area contributed by atoms with Crippen LogP contribution in [0.5, 0.6) is 0 Å². The monoisotopic (exact) mass is 300 g/mol. The first kappa shape index (κ1) is 16.7. The van der Waals surface area contributed by atoms with E-state index in [2.05, 4.69) is 10.3 Å². The molecular formula is C13H24N4O2S. The Labute approximate surface area is 124 Å². The fraction of sp³-hybridized carbons (Fsp3) is 0.692. The minimum Gasteiger partial charge on any atom is -0.396 e. The van der Waals surface area contributed by atoms with Crippen LogP contribution in [0.1, 0.15) is 36.9 Å². The third-order valence-corrected chi connectivity index (χ3v) is 4.24. The summed E-state index contributed by atoms with van der Waals surface area (Å²) in [5.41, 5.74) is 5.66. The first-order chi connectivity index (χ1) is 9.16. The van der Waals surface area contributed by atoms with Crippen LogP contribution in [0.4, 0.5) is 10.9 Å². The topological polar surface area (TPSA) is 91.5 Å². The lowest BCUT2D eigenvalue weighted by Gasteiger charge is -2.30. The zero-order chi connectivity index (χ0) is 15.5. The molecule has 1 amide bonds. The average Bonchev–Trinajstić information content (AvgIpc) is 2.69. The Morgan fingerprint density at radius 1 is 1.50 bits per heavy atom. The highest BCUT2D eigenvalue weighted by atomic mass is 32.1. The van der Waals surface area contributed by atoms with Gasteiger partial charge in [0.15, 0.2) is 5.13 Å². The van der Waals surface area contributed by atoms with Gasteiger partial charge in [-0.2, -0.15) is 0 Å². The number of nitrogens with zero attached hydrogens (tertiary/aromatic N) is 2. The van der Waals surface area contributed by atoms with Crippen molar-refractivity contribution in [1.29, 1.82) is 0 Å². The SMILES string of the molecule is CN(C)c1nc(N)c(C(=O)NC(CCO)C(C)(C)C)s1. The molecule has 6 nitrogen and oxygen atoms in total. The van der Waals surface area contributed by atoms with E-state index in [1.165, 1.54) is 11.3 Å². The molecule has 0 radical (unpaired) electrons. The molecule has 1 rings (SSSR count). The van der Waals surface area contributed by atoms with E-state index < -0.39 is 0 Å². The van der Waals surface area contributed by atoms with Crippen LogP contribution >= 0.6 is 11.3 Å². The van der Waals surface area contributed by atoms with Gasteiger partial charge < -0.3 is 21.1 Å². The van der Waals surface area contributed by atoms with E-state index in [-0.39, 0.29) is 29.8 Å². The fourth-order valence-electron chi connectivity index (χ4n) is 1.75. The number of nitrogen functional groups attached to an aromatic ring is 1. The van der Waals surface area contributed by atoms with Crippen molar-refractivity contribution in [3.8, 4) is 0 Å². The Morgan fingerprint density at radius 2 is 2.10 bits per heavy atom. The summed E-state index contributed by atoms with van der Waals surface area (Å²) in [6.07, 6.45) is 0.508. The third kappa shape index (κ3) is 4.08. The molecular weight excluding hydrogens is 276 g/mol. The molecule has 1 atom stereocenters. The molecule has 1 heterocycles. The van der Waals surface area contributed by atoms with E-state index in [9.17, 15) is 4.79 Å². The maximum Gasteiger partial charge on any atom is 0.265 e. The van der Waals surface area contributed by atoms with Crippen LogP contribution in [0.3, 0.4) is 0 Å². The molecule has 1 unspecified atom stereocenters. The summed E-state index contributed by atoms with van der Waals surface area (Å²) in [6, 6.07) is -0.121.